The summed E-state index contributed by atoms with van der Waals surface area (Å²) in [5, 5.41) is 15.2. The molecule has 1 aliphatic carbocycles. The van der Waals surface area contributed by atoms with Gasteiger partial charge in [-0.25, -0.2) is 14.3 Å². The molecule has 2 N–H and O–H groups in total. The monoisotopic (exact) mass is 435 g/mol. The first-order valence-electron chi connectivity index (χ1n) is 10.8. The first-order chi connectivity index (χ1) is 15.6. The molecule has 0 spiro atoms. The van der Waals surface area contributed by atoms with Gasteiger partial charge in [0.15, 0.2) is 12.4 Å². The van der Waals surface area contributed by atoms with Crippen LogP contribution < -0.4 is 20.9 Å². The molecule has 166 valence electrons. The summed E-state index contributed by atoms with van der Waals surface area (Å²) in [6, 6.07) is 9.63. The van der Waals surface area contributed by atoms with Crippen LogP contribution >= 0.6 is 0 Å². The molecule has 0 saturated heterocycles. The highest BCUT2D eigenvalue weighted by atomic mass is 16.5. The molecule has 32 heavy (non-hydrogen) atoms. The molecule has 10 heteroatoms. The van der Waals surface area contributed by atoms with Crippen molar-refractivity contribution in [2.45, 2.75) is 50.7 Å². The summed E-state index contributed by atoms with van der Waals surface area (Å²) in [7, 11) is 0. The maximum absolute atomic E-state index is 12.4. The van der Waals surface area contributed by atoms with Crippen LogP contribution in [0.25, 0.3) is 5.82 Å². The molecule has 3 heterocycles. The molecule has 1 saturated carbocycles. The number of hydrogen-bond acceptors (Lipinski definition) is 7. The molecule has 3 aromatic rings. The molecule has 10 nitrogen and oxygen atoms in total. The Balaban J connectivity index is 1.22. The Hall–Kier alpha value is -3.53. The summed E-state index contributed by atoms with van der Waals surface area (Å²) in [5.41, 5.74) is 1.71. The second-order valence-electron chi connectivity index (χ2n) is 8.30. The van der Waals surface area contributed by atoms with Crippen LogP contribution in [-0.4, -0.2) is 43.1 Å². The van der Waals surface area contributed by atoms with E-state index in [0.29, 0.717) is 23.3 Å². The number of carbonyl (C=O) groups is 1. The van der Waals surface area contributed by atoms with E-state index in [0.717, 1.165) is 31.2 Å². The standard InChI is InChI=1S/C22H25N7O3/c1-14(15-2-7-19-18(10-15)26-21(30)11-32-19)25-16-3-5-17(6-4-16)29-22(31)9-8-20(27-29)28-13-23-12-24-28/h2,7-10,12-14,16-17,25H,3-6,11H2,1H3,(H,26,30). The zero-order valence-corrected chi connectivity index (χ0v) is 17.8. The number of benzene rings is 1. The van der Waals surface area contributed by atoms with Crippen LogP contribution in [0.3, 0.4) is 0 Å². The van der Waals surface area contributed by atoms with Gasteiger partial charge in [-0.1, -0.05) is 6.07 Å². The van der Waals surface area contributed by atoms with Gasteiger partial charge in [0, 0.05) is 18.2 Å². The fourth-order valence-electron chi connectivity index (χ4n) is 4.43. The van der Waals surface area contributed by atoms with Gasteiger partial charge in [-0.05, 0) is 56.4 Å². The van der Waals surface area contributed by atoms with Gasteiger partial charge in [0.05, 0.1) is 11.7 Å². The van der Waals surface area contributed by atoms with Crippen LogP contribution in [0.5, 0.6) is 5.75 Å². The third-order valence-corrected chi connectivity index (χ3v) is 6.13. The second-order valence-corrected chi connectivity index (χ2v) is 8.30. The van der Waals surface area contributed by atoms with Gasteiger partial charge in [0.2, 0.25) is 0 Å². The first-order valence-corrected chi connectivity index (χ1v) is 10.8. The van der Waals surface area contributed by atoms with E-state index in [4.69, 9.17) is 4.74 Å². The Morgan fingerprint density at radius 3 is 2.78 bits per heavy atom. The Morgan fingerprint density at radius 1 is 1.16 bits per heavy atom. The number of anilines is 1. The molecule has 5 rings (SSSR count). The summed E-state index contributed by atoms with van der Waals surface area (Å²) in [6.07, 6.45) is 6.64. The minimum absolute atomic E-state index is 0.0586. The number of rotatable bonds is 5. The van der Waals surface area contributed by atoms with Crippen molar-refractivity contribution >= 4 is 11.6 Å². The van der Waals surface area contributed by atoms with Crippen LogP contribution in [0.4, 0.5) is 5.69 Å². The highest BCUT2D eigenvalue weighted by molar-refractivity contribution is 5.95. The van der Waals surface area contributed by atoms with Gasteiger partial charge >= 0.3 is 0 Å². The smallest absolute Gasteiger partial charge is 0.267 e. The molecular weight excluding hydrogens is 410 g/mol. The summed E-state index contributed by atoms with van der Waals surface area (Å²) >= 11 is 0. The second kappa shape index (κ2) is 8.54. The topological polar surface area (TPSA) is 116 Å². The van der Waals surface area contributed by atoms with Crippen LogP contribution in [0.1, 0.15) is 50.3 Å². The summed E-state index contributed by atoms with van der Waals surface area (Å²) in [4.78, 5) is 28.0. The van der Waals surface area contributed by atoms with E-state index in [1.807, 2.05) is 18.2 Å². The molecular formula is C22H25N7O3. The number of nitrogens with zero attached hydrogens (tertiary/aromatic N) is 5. The zero-order valence-electron chi connectivity index (χ0n) is 17.8. The summed E-state index contributed by atoms with van der Waals surface area (Å²) in [5.74, 6) is 1.15. The average Bonchev–Trinajstić information content (AvgIpc) is 3.34. The highest BCUT2D eigenvalue weighted by Gasteiger charge is 2.26. The van der Waals surface area contributed by atoms with Gasteiger partial charge in [-0.15, -0.1) is 5.10 Å². The van der Waals surface area contributed by atoms with E-state index < -0.39 is 0 Å². The van der Waals surface area contributed by atoms with Gasteiger partial charge in [-0.3, -0.25) is 9.59 Å². The molecule has 1 amide bonds. The molecule has 1 fully saturated rings. The van der Waals surface area contributed by atoms with Crippen molar-refractivity contribution in [3.63, 3.8) is 0 Å². The predicted molar refractivity (Wildman–Crippen MR) is 117 cm³/mol. The lowest BCUT2D eigenvalue weighted by Crippen LogP contribution is -2.38. The maximum Gasteiger partial charge on any atom is 0.267 e. The molecule has 0 radical (unpaired) electrons. The van der Waals surface area contributed by atoms with Crippen molar-refractivity contribution in [3.8, 4) is 11.6 Å². The average molecular weight is 435 g/mol. The number of ether oxygens (including phenoxy) is 1. The lowest BCUT2D eigenvalue weighted by molar-refractivity contribution is -0.118. The minimum Gasteiger partial charge on any atom is -0.482 e. The van der Waals surface area contributed by atoms with Gasteiger partial charge in [-0.2, -0.15) is 5.10 Å². The lowest BCUT2D eigenvalue weighted by Gasteiger charge is -2.32. The van der Waals surface area contributed by atoms with E-state index in [-0.39, 0.29) is 30.2 Å². The number of amides is 1. The molecule has 1 aromatic carbocycles. The molecule has 0 bridgehead atoms. The summed E-state index contributed by atoms with van der Waals surface area (Å²) < 4.78 is 8.58. The van der Waals surface area contributed by atoms with Gasteiger partial charge in [0.1, 0.15) is 18.4 Å². The summed E-state index contributed by atoms with van der Waals surface area (Å²) in [6.45, 7) is 2.18. The SMILES string of the molecule is CC(NC1CCC(n2nc(-n3cncn3)ccc2=O)CC1)c1ccc2c(c1)NC(=O)CO2. The third-order valence-electron chi connectivity index (χ3n) is 6.13. The predicted octanol–water partition coefficient (Wildman–Crippen LogP) is 1.99. The quantitative estimate of drug-likeness (QED) is 0.630. The number of carbonyl (C=O) groups excluding carboxylic acids is 1. The number of aromatic nitrogens is 5. The molecule has 1 atom stereocenters. The minimum atomic E-state index is -0.134. The van der Waals surface area contributed by atoms with Crippen molar-refractivity contribution in [1.29, 1.82) is 0 Å². The van der Waals surface area contributed by atoms with Gasteiger partial charge < -0.3 is 15.4 Å². The van der Waals surface area contributed by atoms with E-state index in [1.165, 1.54) is 12.4 Å². The van der Waals surface area contributed by atoms with Crippen molar-refractivity contribution in [3.05, 3.63) is 58.9 Å². The molecule has 1 unspecified atom stereocenters. The van der Waals surface area contributed by atoms with E-state index >= 15 is 0 Å². The highest BCUT2D eigenvalue weighted by Crippen LogP contribution is 2.32. The maximum atomic E-state index is 12.4. The molecule has 2 aromatic heterocycles. The van der Waals surface area contributed by atoms with Crippen LogP contribution in [0, 0.1) is 0 Å². The van der Waals surface area contributed by atoms with Crippen molar-refractivity contribution in [2.75, 3.05) is 11.9 Å². The van der Waals surface area contributed by atoms with Crippen molar-refractivity contribution in [1.82, 2.24) is 29.9 Å². The largest absolute Gasteiger partial charge is 0.482 e. The fourth-order valence-corrected chi connectivity index (χ4v) is 4.43. The van der Waals surface area contributed by atoms with Crippen molar-refractivity contribution in [2.24, 2.45) is 0 Å². The zero-order chi connectivity index (χ0) is 22.1. The van der Waals surface area contributed by atoms with E-state index in [2.05, 4.69) is 32.7 Å². The Labute approximate surface area is 184 Å². The Bertz CT molecular complexity index is 1170. The number of fused-ring (bicyclic) bond motifs is 1. The van der Waals surface area contributed by atoms with Crippen molar-refractivity contribution < 1.29 is 9.53 Å². The molecule has 1 aliphatic heterocycles. The van der Waals surface area contributed by atoms with E-state index in [1.54, 1.807) is 21.8 Å². The Kier molecular flexibility index (Phi) is 5.44. The number of nitrogens with one attached hydrogen (secondary N) is 2. The Morgan fingerprint density at radius 2 is 2.00 bits per heavy atom. The third kappa shape index (κ3) is 4.13. The molecule has 2 aliphatic rings. The van der Waals surface area contributed by atoms with Crippen LogP contribution in [-0.2, 0) is 4.79 Å². The normalized spacial score (nSPS) is 21.3. The van der Waals surface area contributed by atoms with E-state index in [9.17, 15) is 9.59 Å². The first kappa shape index (κ1) is 20.4. The fraction of sp³-hybridized carbons (Fsp3) is 0.409. The van der Waals surface area contributed by atoms with Crippen LogP contribution in [0.2, 0.25) is 0 Å². The number of hydrogen-bond donors (Lipinski definition) is 2. The lowest BCUT2D eigenvalue weighted by atomic mass is 9.90. The van der Waals surface area contributed by atoms with Gasteiger partial charge in [0.25, 0.3) is 11.5 Å². The van der Waals surface area contributed by atoms with Crippen LogP contribution in [0.15, 0.2) is 47.8 Å².